The van der Waals surface area contributed by atoms with Crippen molar-refractivity contribution in [3.8, 4) is 0 Å². The zero-order valence-electron chi connectivity index (χ0n) is 25.0. The zero-order chi connectivity index (χ0) is 31.4. The molecule has 3 aromatic rings. The van der Waals surface area contributed by atoms with Crippen LogP contribution in [0.15, 0.2) is 53.4 Å². The van der Waals surface area contributed by atoms with Gasteiger partial charge in [0.05, 0.1) is 59.9 Å². The van der Waals surface area contributed by atoms with Crippen LogP contribution in [0.1, 0.15) is 37.7 Å². The first kappa shape index (κ1) is 32.0. The van der Waals surface area contributed by atoms with E-state index >= 15 is 0 Å². The zero-order valence-corrected chi connectivity index (χ0v) is 26.6. The van der Waals surface area contributed by atoms with E-state index in [1.165, 1.54) is 24.1 Å². The molecule has 1 aromatic heterocycles. The molecule has 2 aliphatic heterocycles. The minimum Gasteiger partial charge on any atom is -0.443 e. The number of ether oxygens (including phenoxy) is 3. The number of rotatable bonds is 13. The van der Waals surface area contributed by atoms with Crippen LogP contribution in [-0.4, -0.2) is 90.7 Å². The van der Waals surface area contributed by atoms with Crippen LogP contribution >= 0.6 is 11.9 Å². The number of sulfonamides is 1. The Kier molecular flexibility index (Phi) is 10.1. The third-order valence-corrected chi connectivity index (χ3v) is 10.5. The second-order valence-corrected chi connectivity index (χ2v) is 14.0. The maximum absolute atomic E-state index is 14.1. The molecular formula is C30H39N5O8S2. The largest absolute Gasteiger partial charge is 0.443 e. The number of nitrogens with zero attached hydrogens (tertiary/aromatic N) is 2. The van der Waals surface area contributed by atoms with E-state index in [0.717, 1.165) is 29.3 Å². The molecule has 3 heterocycles. The van der Waals surface area contributed by atoms with E-state index in [9.17, 15) is 18.3 Å². The predicted molar refractivity (Wildman–Crippen MR) is 168 cm³/mol. The number of amides is 1. The summed E-state index contributed by atoms with van der Waals surface area (Å²) in [6, 6.07) is 13.1. The number of hydrogen-bond acceptors (Lipinski definition) is 11. The van der Waals surface area contributed by atoms with E-state index < -0.39 is 40.9 Å². The number of carbonyl (C=O) groups excluding carboxylic acids is 1. The smallest absolute Gasteiger partial charge is 0.407 e. The van der Waals surface area contributed by atoms with Gasteiger partial charge < -0.3 is 34.3 Å². The molecule has 13 nitrogen and oxygen atoms in total. The molecule has 0 bridgehead atoms. The minimum absolute atomic E-state index is 0.0241. The molecule has 4 N–H and O–H groups in total. The van der Waals surface area contributed by atoms with Crippen molar-refractivity contribution >= 4 is 45.0 Å². The highest BCUT2D eigenvalue weighted by molar-refractivity contribution is 7.99. The van der Waals surface area contributed by atoms with E-state index in [1.807, 2.05) is 36.6 Å². The van der Waals surface area contributed by atoms with E-state index in [1.54, 1.807) is 6.07 Å². The number of benzene rings is 2. The molecule has 6 rings (SSSR count). The number of aromatic amines is 1. The first-order chi connectivity index (χ1) is 21.8. The molecule has 0 radical (unpaired) electrons. The summed E-state index contributed by atoms with van der Waals surface area (Å²) in [7, 11) is -4.24. The van der Waals surface area contributed by atoms with E-state index in [2.05, 4.69) is 20.0 Å². The number of alkyl carbamates (subject to hydrolysis) is 1. The Morgan fingerprint density at radius 2 is 1.98 bits per heavy atom. The van der Waals surface area contributed by atoms with Crippen LogP contribution in [0.2, 0.25) is 0 Å². The molecule has 15 heteroatoms. The summed E-state index contributed by atoms with van der Waals surface area (Å²) in [4.78, 5) is 26.7. The van der Waals surface area contributed by atoms with Crippen molar-refractivity contribution in [3.63, 3.8) is 0 Å². The first-order valence-electron chi connectivity index (χ1n) is 15.2. The van der Waals surface area contributed by atoms with Gasteiger partial charge in [-0.15, -0.1) is 0 Å². The average molecular weight is 662 g/mol. The number of H-pyrrole nitrogens is 1. The van der Waals surface area contributed by atoms with Crippen molar-refractivity contribution in [1.29, 1.82) is 0 Å². The van der Waals surface area contributed by atoms with Crippen molar-refractivity contribution in [2.24, 2.45) is 5.92 Å². The molecule has 0 spiro atoms. The standard InChI is InChI=1S/C30H39N5O8S2/c1-44-34-29-31-23-12-11-21(16-24(23)32-29)45(38,39)35(43-20-9-5-6-10-20)17-26(36)25(15-19-7-3-2-4-8-19)33-30(37)42-27-18-41-28-22(27)13-14-40-28/h2-4,7-8,11-12,16,20,22,25-28,36H,5-6,9-10,13-15,17-18H2,1H3,(H,33,37)(H2,31,32,34)/t22-,25+,26-,27-,28+/m1/s1. The van der Waals surface area contributed by atoms with Crippen LogP contribution in [-0.2, 0) is 35.5 Å². The van der Waals surface area contributed by atoms with Crippen molar-refractivity contribution < 1.29 is 37.4 Å². The number of hydrogen-bond donors (Lipinski definition) is 4. The Balaban J connectivity index is 1.22. The Bertz CT molecular complexity index is 1550. The summed E-state index contributed by atoms with van der Waals surface area (Å²) >= 11 is 1.36. The number of fused-ring (bicyclic) bond motifs is 2. The normalized spacial score (nSPS) is 23.3. The van der Waals surface area contributed by atoms with Gasteiger partial charge >= 0.3 is 6.09 Å². The number of aliphatic hydroxyl groups is 1. The lowest BCUT2D eigenvalue weighted by molar-refractivity contribution is -0.145. The molecule has 2 aromatic carbocycles. The third kappa shape index (κ3) is 7.56. The van der Waals surface area contributed by atoms with Gasteiger partial charge in [0.2, 0.25) is 5.95 Å². The Hall–Kier alpha value is -2.92. The van der Waals surface area contributed by atoms with Gasteiger partial charge in [-0.1, -0.05) is 59.6 Å². The van der Waals surface area contributed by atoms with E-state index in [-0.39, 0.29) is 36.2 Å². The van der Waals surface area contributed by atoms with Gasteiger partial charge in [-0.2, -0.15) is 0 Å². The Labute approximate surface area is 266 Å². The summed E-state index contributed by atoms with van der Waals surface area (Å²) < 4.78 is 48.8. The highest BCUT2D eigenvalue weighted by Crippen LogP contribution is 2.33. The molecule has 1 saturated carbocycles. The van der Waals surface area contributed by atoms with Gasteiger partial charge in [0, 0.05) is 6.26 Å². The predicted octanol–water partition coefficient (Wildman–Crippen LogP) is 3.58. The molecule has 5 atom stereocenters. The van der Waals surface area contributed by atoms with Crippen LogP contribution in [0.4, 0.5) is 10.7 Å². The van der Waals surface area contributed by atoms with Crippen LogP contribution < -0.4 is 10.0 Å². The topological polar surface area (TPSA) is 164 Å². The second kappa shape index (κ2) is 14.2. The lowest BCUT2D eigenvalue weighted by Crippen LogP contribution is -2.51. The molecule has 244 valence electrons. The number of aliphatic hydroxyl groups excluding tert-OH is 1. The van der Waals surface area contributed by atoms with Crippen LogP contribution in [0, 0.1) is 5.92 Å². The number of hydroxylamine groups is 1. The number of aromatic nitrogens is 2. The summed E-state index contributed by atoms with van der Waals surface area (Å²) in [6.07, 6.45) is 2.84. The number of anilines is 1. The second-order valence-electron chi connectivity index (χ2n) is 11.5. The fraction of sp³-hybridized carbons (Fsp3) is 0.533. The summed E-state index contributed by atoms with van der Waals surface area (Å²) in [5.41, 5.74) is 1.98. The van der Waals surface area contributed by atoms with Crippen LogP contribution in [0.5, 0.6) is 0 Å². The molecule has 3 aliphatic rings. The number of nitrogens with one attached hydrogen (secondary N) is 3. The van der Waals surface area contributed by atoms with Gasteiger partial charge in [0.1, 0.15) is 6.10 Å². The Morgan fingerprint density at radius 1 is 1.18 bits per heavy atom. The van der Waals surface area contributed by atoms with Gasteiger partial charge in [0.25, 0.3) is 10.0 Å². The van der Waals surface area contributed by atoms with Crippen molar-refractivity contribution in [2.45, 2.75) is 74.1 Å². The van der Waals surface area contributed by atoms with Crippen LogP contribution in [0.25, 0.3) is 11.0 Å². The SMILES string of the molecule is CSNc1nc2cc(S(=O)(=O)N(C[C@@H](O)[C@H](Cc3ccccc3)NC(=O)O[C@@H]3CO[C@@H]4OCC[C@@H]43)OC3CCCC3)ccc2[nH]1. The maximum Gasteiger partial charge on any atom is 0.407 e. The monoisotopic (exact) mass is 661 g/mol. The van der Waals surface area contributed by atoms with E-state index in [4.69, 9.17) is 19.0 Å². The molecule has 3 fully saturated rings. The number of carbonyl (C=O) groups is 1. The molecule has 1 amide bonds. The lowest BCUT2D eigenvalue weighted by Gasteiger charge is -2.31. The van der Waals surface area contributed by atoms with Crippen molar-refractivity contribution in [3.05, 3.63) is 54.1 Å². The first-order valence-corrected chi connectivity index (χ1v) is 17.9. The Morgan fingerprint density at radius 3 is 2.76 bits per heavy atom. The summed E-state index contributed by atoms with van der Waals surface area (Å²) in [6.45, 7) is 0.352. The molecule has 2 saturated heterocycles. The van der Waals surface area contributed by atoms with E-state index in [0.29, 0.717) is 36.4 Å². The highest BCUT2D eigenvalue weighted by Gasteiger charge is 2.44. The minimum atomic E-state index is -4.24. The quantitative estimate of drug-likeness (QED) is 0.156. The molecule has 0 unspecified atom stereocenters. The van der Waals surface area contributed by atoms with Gasteiger partial charge in [-0.3, -0.25) is 4.84 Å². The molecular weight excluding hydrogens is 622 g/mol. The van der Waals surface area contributed by atoms with Gasteiger partial charge in [-0.25, -0.2) is 18.2 Å². The summed E-state index contributed by atoms with van der Waals surface area (Å²) in [5.74, 6) is 0.455. The fourth-order valence-corrected chi connectivity index (χ4v) is 7.68. The summed E-state index contributed by atoms with van der Waals surface area (Å²) in [5, 5.41) is 14.4. The fourth-order valence-electron chi connectivity index (χ4n) is 6.07. The number of imidazole rings is 1. The highest BCUT2D eigenvalue weighted by atomic mass is 32.2. The third-order valence-electron chi connectivity index (χ3n) is 8.43. The van der Waals surface area contributed by atoms with Gasteiger partial charge in [-0.05, 0) is 49.4 Å². The molecule has 45 heavy (non-hydrogen) atoms. The van der Waals surface area contributed by atoms with Gasteiger partial charge in [0.15, 0.2) is 6.29 Å². The average Bonchev–Trinajstić information content (AvgIpc) is 3.83. The maximum atomic E-state index is 14.1. The molecule has 1 aliphatic carbocycles. The lowest BCUT2D eigenvalue weighted by atomic mass is 10.0. The van der Waals surface area contributed by atoms with Crippen molar-refractivity contribution in [1.82, 2.24) is 19.8 Å². The van der Waals surface area contributed by atoms with Crippen LogP contribution in [0.3, 0.4) is 0 Å². The van der Waals surface area contributed by atoms with Crippen molar-refractivity contribution in [2.75, 3.05) is 30.7 Å².